The number of sulfonamides is 1. The first kappa shape index (κ1) is 17.9. The minimum absolute atomic E-state index is 0.192. The van der Waals surface area contributed by atoms with Gasteiger partial charge in [-0.05, 0) is 38.3 Å². The number of ether oxygens (including phenoxy) is 1. The Morgan fingerprint density at radius 2 is 2.05 bits per heavy atom. The summed E-state index contributed by atoms with van der Waals surface area (Å²) in [5.74, 6) is 0.884. The maximum absolute atomic E-state index is 12.5. The zero-order valence-corrected chi connectivity index (χ0v) is 14.0. The fourth-order valence-electron chi connectivity index (χ4n) is 2.35. The predicted octanol–water partition coefficient (Wildman–Crippen LogP) is 2.13. The summed E-state index contributed by atoms with van der Waals surface area (Å²) in [6.07, 6.45) is 0.674. The lowest BCUT2D eigenvalue weighted by Crippen LogP contribution is -2.51. The van der Waals surface area contributed by atoms with Crippen molar-refractivity contribution in [3.05, 3.63) is 24.3 Å². The van der Waals surface area contributed by atoms with Crippen molar-refractivity contribution in [3.63, 3.8) is 0 Å². The van der Waals surface area contributed by atoms with Gasteiger partial charge in [0.2, 0.25) is 10.0 Å². The van der Waals surface area contributed by atoms with Crippen LogP contribution in [0.3, 0.4) is 0 Å². The van der Waals surface area contributed by atoms with Crippen molar-refractivity contribution in [2.45, 2.75) is 44.6 Å². The first-order valence-electron chi connectivity index (χ1n) is 7.19. The van der Waals surface area contributed by atoms with Gasteiger partial charge >= 0.3 is 0 Å². The van der Waals surface area contributed by atoms with E-state index in [2.05, 4.69) is 4.72 Å². The highest BCUT2D eigenvalue weighted by Gasteiger charge is 2.30. The van der Waals surface area contributed by atoms with Gasteiger partial charge in [-0.25, -0.2) is 13.1 Å². The molecule has 0 aliphatic heterocycles. The van der Waals surface area contributed by atoms with E-state index in [-0.39, 0.29) is 11.4 Å². The molecule has 1 aromatic carbocycles. The molecule has 1 rings (SSSR count). The number of benzene rings is 1. The van der Waals surface area contributed by atoms with Gasteiger partial charge in [-0.1, -0.05) is 19.9 Å². The average molecular weight is 314 g/mol. The van der Waals surface area contributed by atoms with E-state index in [1.807, 2.05) is 27.7 Å². The molecular formula is C15H26N2O3S. The topological polar surface area (TPSA) is 81.4 Å². The molecule has 0 saturated heterocycles. The molecule has 120 valence electrons. The molecular weight excluding hydrogens is 288 g/mol. The van der Waals surface area contributed by atoms with E-state index in [0.717, 1.165) is 0 Å². The first-order chi connectivity index (χ1) is 9.72. The zero-order chi connectivity index (χ0) is 16.1. The van der Waals surface area contributed by atoms with Crippen LogP contribution in [0.4, 0.5) is 0 Å². The van der Waals surface area contributed by atoms with Crippen LogP contribution in [0.5, 0.6) is 5.75 Å². The highest BCUT2D eigenvalue weighted by Crippen LogP contribution is 2.22. The Balaban J connectivity index is 3.02. The number of nitrogens with two attached hydrogens (primary N) is 1. The van der Waals surface area contributed by atoms with Gasteiger partial charge in [0.15, 0.2) is 0 Å². The molecule has 0 saturated carbocycles. The van der Waals surface area contributed by atoms with Crippen LogP contribution in [0.25, 0.3) is 0 Å². The maximum Gasteiger partial charge on any atom is 0.241 e. The fraction of sp³-hybridized carbons (Fsp3) is 0.600. The van der Waals surface area contributed by atoms with E-state index in [9.17, 15) is 8.42 Å². The van der Waals surface area contributed by atoms with E-state index in [1.54, 1.807) is 18.2 Å². The highest BCUT2D eigenvalue weighted by molar-refractivity contribution is 7.89. The number of hydrogen-bond acceptors (Lipinski definition) is 4. The van der Waals surface area contributed by atoms with Gasteiger partial charge < -0.3 is 10.5 Å². The van der Waals surface area contributed by atoms with Gasteiger partial charge in [0.1, 0.15) is 5.75 Å². The molecule has 0 aromatic heterocycles. The molecule has 3 N–H and O–H groups in total. The molecule has 1 unspecified atom stereocenters. The van der Waals surface area contributed by atoms with Crippen LogP contribution in [0.15, 0.2) is 29.2 Å². The lowest BCUT2D eigenvalue weighted by molar-refractivity contribution is 0.338. The molecule has 0 amide bonds. The molecule has 5 nitrogen and oxygen atoms in total. The third kappa shape index (κ3) is 5.30. The Morgan fingerprint density at radius 1 is 1.38 bits per heavy atom. The Kier molecular flexibility index (Phi) is 6.19. The van der Waals surface area contributed by atoms with Crippen molar-refractivity contribution in [3.8, 4) is 5.75 Å². The van der Waals surface area contributed by atoms with Crippen LogP contribution in [0.1, 0.15) is 34.1 Å². The lowest BCUT2D eigenvalue weighted by atomic mass is 9.92. The molecule has 1 aromatic rings. The van der Waals surface area contributed by atoms with E-state index in [1.165, 1.54) is 6.07 Å². The van der Waals surface area contributed by atoms with Crippen LogP contribution in [-0.4, -0.2) is 27.1 Å². The zero-order valence-electron chi connectivity index (χ0n) is 13.2. The molecule has 0 heterocycles. The monoisotopic (exact) mass is 314 g/mol. The third-order valence-corrected chi connectivity index (χ3v) is 4.75. The summed E-state index contributed by atoms with van der Waals surface area (Å²) in [6, 6.07) is 6.48. The molecule has 0 radical (unpaired) electrons. The van der Waals surface area contributed by atoms with Crippen molar-refractivity contribution >= 4 is 10.0 Å². The Labute approximate surface area is 127 Å². The van der Waals surface area contributed by atoms with Gasteiger partial charge in [0, 0.05) is 18.2 Å². The van der Waals surface area contributed by atoms with Crippen LogP contribution >= 0.6 is 0 Å². The van der Waals surface area contributed by atoms with Crippen LogP contribution in [0, 0.1) is 5.92 Å². The van der Waals surface area contributed by atoms with Gasteiger partial charge in [-0.15, -0.1) is 0 Å². The molecule has 0 aliphatic carbocycles. The Hall–Kier alpha value is -1.11. The number of hydrogen-bond donors (Lipinski definition) is 2. The molecule has 1 atom stereocenters. The minimum Gasteiger partial charge on any atom is -0.494 e. The Morgan fingerprint density at radius 3 is 2.57 bits per heavy atom. The Bertz CT molecular complexity index is 558. The van der Waals surface area contributed by atoms with Crippen LogP contribution in [0.2, 0.25) is 0 Å². The van der Waals surface area contributed by atoms with Crippen LogP contribution < -0.4 is 15.2 Å². The van der Waals surface area contributed by atoms with E-state index < -0.39 is 15.6 Å². The standard InChI is InChI=1S/C15H26N2O3S/c1-5-20-13-7-6-8-14(9-13)21(18,19)17-15(4,11-16)10-12(2)3/h6-9,12,17H,5,10-11,16H2,1-4H3. The fourth-order valence-corrected chi connectivity index (χ4v) is 3.81. The first-order valence-corrected chi connectivity index (χ1v) is 8.67. The molecule has 0 aliphatic rings. The second-order valence-electron chi connectivity index (χ2n) is 5.88. The van der Waals surface area contributed by atoms with Gasteiger partial charge in [-0.2, -0.15) is 0 Å². The third-order valence-electron chi connectivity index (χ3n) is 3.12. The molecule has 6 heteroatoms. The summed E-state index contributed by atoms with van der Waals surface area (Å²) in [5.41, 5.74) is 5.11. The lowest BCUT2D eigenvalue weighted by Gasteiger charge is -2.30. The van der Waals surface area contributed by atoms with Gasteiger partial charge in [-0.3, -0.25) is 0 Å². The molecule has 21 heavy (non-hydrogen) atoms. The largest absolute Gasteiger partial charge is 0.494 e. The minimum atomic E-state index is -3.63. The summed E-state index contributed by atoms with van der Waals surface area (Å²) in [6.45, 7) is 8.50. The highest BCUT2D eigenvalue weighted by atomic mass is 32.2. The maximum atomic E-state index is 12.5. The average Bonchev–Trinajstić information content (AvgIpc) is 2.38. The summed E-state index contributed by atoms with van der Waals surface area (Å²) < 4.78 is 33.1. The number of nitrogens with one attached hydrogen (secondary N) is 1. The summed E-state index contributed by atoms with van der Waals surface area (Å²) in [7, 11) is -3.63. The second kappa shape index (κ2) is 7.24. The van der Waals surface area contributed by atoms with Crippen molar-refractivity contribution < 1.29 is 13.2 Å². The van der Waals surface area contributed by atoms with Gasteiger partial charge in [0.25, 0.3) is 0 Å². The van der Waals surface area contributed by atoms with Gasteiger partial charge in [0.05, 0.1) is 11.5 Å². The molecule has 0 fully saturated rings. The van der Waals surface area contributed by atoms with Crippen molar-refractivity contribution in [1.82, 2.24) is 4.72 Å². The molecule has 0 spiro atoms. The summed E-state index contributed by atoms with van der Waals surface area (Å²) in [5, 5.41) is 0. The predicted molar refractivity (Wildman–Crippen MR) is 84.8 cm³/mol. The summed E-state index contributed by atoms with van der Waals surface area (Å²) >= 11 is 0. The number of rotatable bonds is 8. The van der Waals surface area contributed by atoms with Crippen molar-refractivity contribution in [2.75, 3.05) is 13.2 Å². The van der Waals surface area contributed by atoms with Crippen LogP contribution in [-0.2, 0) is 10.0 Å². The van der Waals surface area contributed by atoms with E-state index in [0.29, 0.717) is 24.7 Å². The van der Waals surface area contributed by atoms with Crippen molar-refractivity contribution in [2.24, 2.45) is 11.7 Å². The smallest absolute Gasteiger partial charge is 0.241 e. The normalized spacial score (nSPS) is 15.0. The van der Waals surface area contributed by atoms with E-state index in [4.69, 9.17) is 10.5 Å². The molecule has 0 bridgehead atoms. The van der Waals surface area contributed by atoms with Crippen molar-refractivity contribution in [1.29, 1.82) is 0 Å². The SMILES string of the molecule is CCOc1cccc(S(=O)(=O)NC(C)(CN)CC(C)C)c1. The second-order valence-corrected chi connectivity index (χ2v) is 7.56. The quantitative estimate of drug-likeness (QED) is 0.770. The van der Waals surface area contributed by atoms with E-state index >= 15 is 0 Å². The summed E-state index contributed by atoms with van der Waals surface area (Å²) in [4.78, 5) is 0.192.